The van der Waals surface area contributed by atoms with Crippen LogP contribution in [0.15, 0.2) is 40.9 Å². The van der Waals surface area contributed by atoms with Crippen LogP contribution in [0.2, 0.25) is 5.02 Å². The molecule has 2 aromatic rings. The Morgan fingerprint density at radius 2 is 1.86 bits per heavy atom. The first kappa shape index (κ1) is 16.1. The molecule has 21 heavy (non-hydrogen) atoms. The zero-order valence-electron chi connectivity index (χ0n) is 10.4. The van der Waals surface area contributed by atoms with E-state index in [9.17, 15) is 17.6 Å². The summed E-state index contributed by atoms with van der Waals surface area (Å²) < 4.78 is 52.1. The van der Waals surface area contributed by atoms with Crippen LogP contribution in [0.5, 0.6) is 0 Å². The molecule has 0 aliphatic carbocycles. The highest BCUT2D eigenvalue weighted by atomic mass is 79.9. The molecule has 112 valence electrons. The Morgan fingerprint density at radius 1 is 1.14 bits per heavy atom. The van der Waals surface area contributed by atoms with Crippen LogP contribution in [0.4, 0.5) is 23.2 Å². The van der Waals surface area contributed by atoms with Crippen LogP contribution >= 0.6 is 27.5 Å². The van der Waals surface area contributed by atoms with Crippen LogP contribution in [0.25, 0.3) is 0 Å². The molecule has 0 aliphatic heterocycles. The smallest absolute Gasteiger partial charge is 0.381 e. The summed E-state index contributed by atoms with van der Waals surface area (Å²) in [6, 6.07) is 7.92. The van der Waals surface area contributed by atoms with Crippen molar-refractivity contribution in [1.82, 2.24) is 0 Å². The normalized spacial score (nSPS) is 11.5. The minimum atomic E-state index is -4.44. The number of alkyl halides is 3. The van der Waals surface area contributed by atoms with Crippen LogP contribution in [-0.2, 0) is 12.7 Å². The summed E-state index contributed by atoms with van der Waals surface area (Å²) in [6.45, 7) is 0.0279. The first-order valence-corrected chi connectivity index (χ1v) is 6.99. The van der Waals surface area contributed by atoms with E-state index in [2.05, 4.69) is 21.2 Å². The maximum Gasteiger partial charge on any atom is 0.416 e. The number of halogens is 6. The van der Waals surface area contributed by atoms with E-state index >= 15 is 0 Å². The van der Waals surface area contributed by atoms with Crippen molar-refractivity contribution in [2.75, 3.05) is 5.32 Å². The third-order valence-electron chi connectivity index (χ3n) is 2.74. The van der Waals surface area contributed by atoms with Crippen LogP contribution in [0.1, 0.15) is 11.1 Å². The Kier molecular flexibility index (Phi) is 4.78. The molecule has 0 atom stereocenters. The number of hydrogen-bond acceptors (Lipinski definition) is 1. The van der Waals surface area contributed by atoms with Crippen molar-refractivity contribution in [2.24, 2.45) is 0 Å². The van der Waals surface area contributed by atoms with Gasteiger partial charge in [0.2, 0.25) is 0 Å². The fraction of sp³-hybridized carbons (Fsp3) is 0.143. The lowest BCUT2D eigenvalue weighted by Crippen LogP contribution is -2.07. The molecule has 7 heteroatoms. The van der Waals surface area contributed by atoms with Gasteiger partial charge in [-0.3, -0.25) is 0 Å². The van der Waals surface area contributed by atoms with Gasteiger partial charge in [-0.1, -0.05) is 39.7 Å². The summed E-state index contributed by atoms with van der Waals surface area (Å²) in [5.74, 6) is -0.585. The Balaban J connectivity index is 2.21. The van der Waals surface area contributed by atoms with E-state index in [-0.39, 0.29) is 27.3 Å². The lowest BCUT2D eigenvalue weighted by Gasteiger charge is -2.12. The number of anilines is 1. The standard InChI is InChI=1S/C14H9BrClF4N/c15-10-4-9(14(18,19)20)5-11(6-10)21-7-8-2-1-3-12(16)13(8)17/h1-6,21H,7H2. The second-order valence-electron chi connectivity index (χ2n) is 4.29. The average Bonchev–Trinajstić information content (AvgIpc) is 2.39. The SMILES string of the molecule is Fc1c(Cl)cccc1CNc1cc(Br)cc(C(F)(F)F)c1. The predicted octanol–water partition coefficient (Wildman–Crippen LogP) is 5.87. The van der Waals surface area contributed by atoms with Crippen molar-refractivity contribution >= 4 is 33.2 Å². The van der Waals surface area contributed by atoms with Crippen molar-refractivity contribution in [2.45, 2.75) is 12.7 Å². The lowest BCUT2D eigenvalue weighted by atomic mass is 10.1. The molecule has 2 aromatic carbocycles. The second kappa shape index (κ2) is 6.23. The van der Waals surface area contributed by atoms with Gasteiger partial charge in [-0.15, -0.1) is 0 Å². The van der Waals surface area contributed by atoms with E-state index < -0.39 is 17.6 Å². The van der Waals surface area contributed by atoms with Crippen LogP contribution in [-0.4, -0.2) is 0 Å². The van der Waals surface area contributed by atoms with E-state index in [1.165, 1.54) is 18.2 Å². The maximum absolute atomic E-state index is 13.7. The summed E-state index contributed by atoms with van der Waals surface area (Å²) in [5.41, 5.74) is -0.280. The minimum absolute atomic E-state index is 0.0279. The van der Waals surface area contributed by atoms with Crippen LogP contribution < -0.4 is 5.32 Å². The molecular formula is C14H9BrClF4N. The van der Waals surface area contributed by atoms with Gasteiger partial charge in [0.05, 0.1) is 10.6 Å². The number of rotatable bonds is 3. The molecule has 0 fully saturated rings. The Bertz CT molecular complexity index is 658. The van der Waals surface area contributed by atoms with Gasteiger partial charge in [-0.05, 0) is 24.3 Å². The van der Waals surface area contributed by atoms with E-state index in [1.54, 1.807) is 6.07 Å². The number of nitrogens with one attached hydrogen (secondary N) is 1. The topological polar surface area (TPSA) is 12.0 Å². The Morgan fingerprint density at radius 3 is 2.52 bits per heavy atom. The molecule has 0 radical (unpaired) electrons. The molecule has 0 bridgehead atoms. The summed E-state index contributed by atoms with van der Waals surface area (Å²) in [4.78, 5) is 0. The first-order valence-electron chi connectivity index (χ1n) is 5.82. The maximum atomic E-state index is 13.7. The number of benzene rings is 2. The summed E-state index contributed by atoms with van der Waals surface area (Å²) in [7, 11) is 0. The molecule has 2 rings (SSSR count). The third-order valence-corrected chi connectivity index (χ3v) is 3.49. The van der Waals surface area contributed by atoms with Gasteiger partial charge >= 0.3 is 6.18 Å². The summed E-state index contributed by atoms with van der Waals surface area (Å²) >= 11 is 8.67. The van der Waals surface area contributed by atoms with Crippen molar-refractivity contribution < 1.29 is 17.6 Å². The molecule has 0 saturated heterocycles. The summed E-state index contributed by atoms with van der Waals surface area (Å²) in [5, 5.41) is 2.73. The van der Waals surface area contributed by atoms with E-state index in [4.69, 9.17) is 11.6 Å². The Labute approximate surface area is 132 Å². The van der Waals surface area contributed by atoms with E-state index in [0.29, 0.717) is 0 Å². The van der Waals surface area contributed by atoms with Gasteiger partial charge < -0.3 is 5.32 Å². The molecule has 1 nitrogen and oxygen atoms in total. The molecule has 0 aromatic heterocycles. The van der Waals surface area contributed by atoms with Crippen LogP contribution in [0.3, 0.4) is 0 Å². The monoisotopic (exact) mass is 381 g/mol. The van der Waals surface area contributed by atoms with Gasteiger partial charge in [0.15, 0.2) is 0 Å². The zero-order chi connectivity index (χ0) is 15.6. The minimum Gasteiger partial charge on any atom is -0.381 e. The van der Waals surface area contributed by atoms with Gasteiger partial charge in [-0.2, -0.15) is 13.2 Å². The van der Waals surface area contributed by atoms with E-state index in [1.807, 2.05) is 0 Å². The van der Waals surface area contributed by atoms with Gasteiger partial charge in [-0.25, -0.2) is 4.39 Å². The highest BCUT2D eigenvalue weighted by Gasteiger charge is 2.31. The quantitative estimate of drug-likeness (QED) is 0.654. The van der Waals surface area contributed by atoms with Crippen molar-refractivity contribution in [3.63, 3.8) is 0 Å². The van der Waals surface area contributed by atoms with Gasteiger partial charge in [0.25, 0.3) is 0 Å². The second-order valence-corrected chi connectivity index (χ2v) is 5.62. The molecular weight excluding hydrogens is 374 g/mol. The molecule has 0 heterocycles. The summed E-state index contributed by atoms with van der Waals surface area (Å²) in [6.07, 6.45) is -4.44. The highest BCUT2D eigenvalue weighted by molar-refractivity contribution is 9.10. The molecule has 0 spiro atoms. The van der Waals surface area contributed by atoms with Crippen LogP contribution in [0, 0.1) is 5.82 Å². The molecule has 0 aliphatic rings. The molecule has 1 N–H and O–H groups in total. The molecule has 0 amide bonds. The van der Waals surface area contributed by atoms with Gasteiger partial charge in [0, 0.05) is 22.3 Å². The van der Waals surface area contributed by atoms with E-state index in [0.717, 1.165) is 12.1 Å². The molecule has 0 unspecified atom stereocenters. The van der Waals surface area contributed by atoms with Gasteiger partial charge in [0.1, 0.15) is 5.82 Å². The van der Waals surface area contributed by atoms with Crippen molar-refractivity contribution in [3.8, 4) is 0 Å². The van der Waals surface area contributed by atoms with Crippen molar-refractivity contribution in [3.05, 3.63) is 62.8 Å². The fourth-order valence-electron chi connectivity index (χ4n) is 1.74. The number of hydrogen-bond donors (Lipinski definition) is 1. The lowest BCUT2D eigenvalue weighted by molar-refractivity contribution is -0.137. The zero-order valence-corrected chi connectivity index (χ0v) is 12.8. The Hall–Kier alpha value is -1.27. The third kappa shape index (κ3) is 4.11. The van der Waals surface area contributed by atoms with Crippen molar-refractivity contribution in [1.29, 1.82) is 0 Å². The first-order chi connectivity index (χ1) is 9.77. The fourth-order valence-corrected chi connectivity index (χ4v) is 2.42. The predicted molar refractivity (Wildman–Crippen MR) is 77.9 cm³/mol. The largest absolute Gasteiger partial charge is 0.416 e. The highest BCUT2D eigenvalue weighted by Crippen LogP contribution is 2.33. The average molecular weight is 383 g/mol. The molecule has 0 saturated carbocycles.